The van der Waals surface area contributed by atoms with E-state index < -0.39 is 0 Å². The number of nitrogens with one attached hydrogen (secondary N) is 1. The lowest BCUT2D eigenvalue weighted by Gasteiger charge is -2.36. The lowest BCUT2D eigenvalue weighted by molar-refractivity contribution is 0.119. The van der Waals surface area contributed by atoms with Gasteiger partial charge >= 0.3 is 0 Å². The van der Waals surface area contributed by atoms with Crippen molar-refractivity contribution in [2.75, 3.05) is 6.61 Å². The van der Waals surface area contributed by atoms with Crippen LogP contribution in [0.1, 0.15) is 37.7 Å². The first-order valence-corrected chi connectivity index (χ1v) is 6.72. The molecule has 0 aliphatic heterocycles. The number of aliphatic hydroxyl groups excluding tert-OH is 1. The molecular weight excluding hydrogens is 234 g/mol. The van der Waals surface area contributed by atoms with Gasteiger partial charge in [-0.3, -0.25) is 0 Å². The van der Waals surface area contributed by atoms with Gasteiger partial charge in [0.2, 0.25) is 0 Å². The van der Waals surface area contributed by atoms with Crippen LogP contribution >= 0.6 is 11.6 Å². The van der Waals surface area contributed by atoms with Crippen LogP contribution in [-0.4, -0.2) is 17.3 Å². The molecular formula is C14H20ClNO. The first kappa shape index (κ1) is 12.9. The van der Waals surface area contributed by atoms with Crippen molar-refractivity contribution in [2.45, 2.75) is 44.2 Å². The number of rotatable bonds is 4. The number of hydrogen-bond acceptors (Lipinski definition) is 2. The average Bonchev–Trinajstić information content (AvgIpc) is 2.39. The van der Waals surface area contributed by atoms with Gasteiger partial charge < -0.3 is 10.4 Å². The van der Waals surface area contributed by atoms with Gasteiger partial charge in [-0.2, -0.15) is 0 Å². The van der Waals surface area contributed by atoms with Crippen LogP contribution in [0.15, 0.2) is 24.3 Å². The molecule has 94 valence electrons. The Bertz CT molecular complexity index is 344. The zero-order valence-electron chi connectivity index (χ0n) is 10.1. The second-order valence-corrected chi connectivity index (χ2v) is 5.42. The van der Waals surface area contributed by atoms with Crippen molar-refractivity contribution < 1.29 is 5.11 Å². The highest BCUT2D eigenvalue weighted by molar-refractivity contribution is 6.30. The molecule has 1 aliphatic rings. The quantitative estimate of drug-likeness (QED) is 0.864. The minimum absolute atomic E-state index is 0.0577. The monoisotopic (exact) mass is 253 g/mol. The average molecular weight is 254 g/mol. The summed E-state index contributed by atoms with van der Waals surface area (Å²) in [5, 5.41) is 13.9. The molecule has 2 rings (SSSR count). The number of benzene rings is 1. The van der Waals surface area contributed by atoms with Gasteiger partial charge in [0, 0.05) is 17.1 Å². The molecule has 1 saturated carbocycles. The SMILES string of the molecule is OCC1(NCc2ccc(Cl)cc2)CCCCC1. The minimum atomic E-state index is -0.0577. The predicted octanol–water partition coefficient (Wildman–Crippen LogP) is 3.12. The van der Waals surface area contributed by atoms with Crippen molar-refractivity contribution in [3.05, 3.63) is 34.9 Å². The molecule has 0 unspecified atom stereocenters. The van der Waals surface area contributed by atoms with Crippen molar-refractivity contribution >= 4 is 11.6 Å². The second kappa shape index (κ2) is 5.85. The molecule has 0 heterocycles. The molecule has 0 radical (unpaired) electrons. The molecule has 1 aromatic carbocycles. The Hall–Kier alpha value is -0.570. The highest BCUT2D eigenvalue weighted by Crippen LogP contribution is 2.28. The Morgan fingerprint density at radius 1 is 1.12 bits per heavy atom. The lowest BCUT2D eigenvalue weighted by Crippen LogP contribution is -2.49. The van der Waals surface area contributed by atoms with Gasteiger partial charge in [-0.25, -0.2) is 0 Å². The summed E-state index contributed by atoms with van der Waals surface area (Å²) in [5.41, 5.74) is 1.16. The Morgan fingerprint density at radius 2 is 1.76 bits per heavy atom. The van der Waals surface area contributed by atoms with E-state index in [4.69, 9.17) is 11.6 Å². The van der Waals surface area contributed by atoms with Gasteiger partial charge in [0.05, 0.1) is 6.61 Å². The van der Waals surface area contributed by atoms with Crippen LogP contribution in [0.25, 0.3) is 0 Å². The van der Waals surface area contributed by atoms with Crippen molar-refractivity contribution in [2.24, 2.45) is 0 Å². The van der Waals surface area contributed by atoms with Crippen molar-refractivity contribution in [1.82, 2.24) is 5.32 Å². The highest BCUT2D eigenvalue weighted by Gasteiger charge is 2.30. The Balaban J connectivity index is 1.93. The van der Waals surface area contributed by atoms with Gasteiger partial charge in [-0.1, -0.05) is 43.0 Å². The van der Waals surface area contributed by atoms with E-state index in [0.717, 1.165) is 24.4 Å². The van der Waals surface area contributed by atoms with Crippen LogP contribution in [0.5, 0.6) is 0 Å². The summed E-state index contributed by atoms with van der Waals surface area (Å²) in [5.74, 6) is 0. The maximum absolute atomic E-state index is 9.58. The fourth-order valence-electron chi connectivity index (χ4n) is 2.51. The van der Waals surface area contributed by atoms with Gasteiger partial charge in [-0.15, -0.1) is 0 Å². The third kappa shape index (κ3) is 3.44. The molecule has 17 heavy (non-hydrogen) atoms. The van der Waals surface area contributed by atoms with Crippen LogP contribution in [0.2, 0.25) is 5.02 Å². The molecule has 1 aliphatic carbocycles. The zero-order chi connectivity index (χ0) is 12.1. The lowest BCUT2D eigenvalue weighted by atomic mass is 9.82. The molecule has 3 heteroatoms. The fourth-order valence-corrected chi connectivity index (χ4v) is 2.64. The number of halogens is 1. The van der Waals surface area contributed by atoms with Crippen LogP contribution in [0.4, 0.5) is 0 Å². The molecule has 0 aromatic heterocycles. The second-order valence-electron chi connectivity index (χ2n) is 4.98. The first-order chi connectivity index (χ1) is 8.24. The summed E-state index contributed by atoms with van der Waals surface area (Å²) in [6, 6.07) is 7.88. The third-order valence-corrected chi connectivity index (χ3v) is 3.95. The summed E-state index contributed by atoms with van der Waals surface area (Å²) < 4.78 is 0. The Morgan fingerprint density at radius 3 is 2.35 bits per heavy atom. The number of hydrogen-bond donors (Lipinski definition) is 2. The van der Waals surface area contributed by atoms with Crippen molar-refractivity contribution in [3.63, 3.8) is 0 Å². The molecule has 1 fully saturated rings. The molecule has 0 bridgehead atoms. The van der Waals surface area contributed by atoms with E-state index in [1.54, 1.807) is 0 Å². The molecule has 0 amide bonds. The Kier molecular flexibility index (Phi) is 4.43. The molecule has 2 N–H and O–H groups in total. The normalized spacial score (nSPS) is 19.2. The number of aliphatic hydroxyl groups is 1. The van der Waals surface area contributed by atoms with E-state index >= 15 is 0 Å². The maximum Gasteiger partial charge on any atom is 0.0613 e. The van der Waals surface area contributed by atoms with Gasteiger partial charge in [-0.05, 0) is 30.5 Å². The van der Waals surface area contributed by atoms with E-state index in [2.05, 4.69) is 5.32 Å². The van der Waals surface area contributed by atoms with Gasteiger partial charge in [0.25, 0.3) is 0 Å². The molecule has 2 nitrogen and oxygen atoms in total. The summed E-state index contributed by atoms with van der Waals surface area (Å²) >= 11 is 5.85. The minimum Gasteiger partial charge on any atom is -0.394 e. The van der Waals surface area contributed by atoms with Crippen LogP contribution in [0, 0.1) is 0 Å². The van der Waals surface area contributed by atoms with E-state index in [1.807, 2.05) is 24.3 Å². The smallest absolute Gasteiger partial charge is 0.0613 e. The maximum atomic E-state index is 9.58. The summed E-state index contributed by atoms with van der Waals surface area (Å²) in [6.07, 6.45) is 5.89. The molecule has 1 aromatic rings. The van der Waals surface area contributed by atoms with E-state index in [0.29, 0.717) is 0 Å². The van der Waals surface area contributed by atoms with Crippen molar-refractivity contribution in [3.8, 4) is 0 Å². The van der Waals surface area contributed by atoms with E-state index in [-0.39, 0.29) is 12.1 Å². The first-order valence-electron chi connectivity index (χ1n) is 6.34. The third-order valence-electron chi connectivity index (χ3n) is 3.69. The molecule has 0 atom stereocenters. The summed E-state index contributed by atoms with van der Waals surface area (Å²) in [7, 11) is 0. The molecule has 0 saturated heterocycles. The Labute approximate surface area is 108 Å². The van der Waals surface area contributed by atoms with Crippen LogP contribution in [-0.2, 0) is 6.54 Å². The summed E-state index contributed by atoms with van der Waals surface area (Å²) in [4.78, 5) is 0. The highest BCUT2D eigenvalue weighted by atomic mass is 35.5. The van der Waals surface area contributed by atoms with Crippen molar-refractivity contribution in [1.29, 1.82) is 0 Å². The van der Waals surface area contributed by atoms with E-state index in [9.17, 15) is 5.11 Å². The zero-order valence-corrected chi connectivity index (χ0v) is 10.8. The predicted molar refractivity (Wildman–Crippen MR) is 71.2 cm³/mol. The van der Waals surface area contributed by atoms with Crippen LogP contribution in [0.3, 0.4) is 0 Å². The van der Waals surface area contributed by atoms with Crippen LogP contribution < -0.4 is 5.32 Å². The fraction of sp³-hybridized carbons (Fsp3) is 0.571. The van der Waals surface area contributed by atoms with Gasteiger partial charge in [0.15, 0.2) is 0 Å². The molecule has 0 spiro atoms. The van der Waals surface area contributed by atoms with E-state index in [1.165, 1.54) is 24.8 Å². The van der Waals surface area contributed by atoms with Gasteiger partial charge in [0.1, 0.15) is 0 Å². The largest absolute Gasteiger partial charge is 0.394 e. The topological polar surface area (TPSA) is 32.3 Å². The summed E-state index contributed by atoms with van der Waals surface area (Å²) in [6.45, 7) is 1.04. The standard InChI is InChI=1S/C14H20ClNO/c15-13-6-4-12(5-7-13)10-16-14(11-17)8-2-1-3-9-14/h4-7,16-17H,1-3,8-11H2.